The van der Waals surface area contributed by atoms with Gasteiger partial charge < -0.3 is 0 Å². The summed E-state index contributed by atoms with van der Waals surface area (Å²) in [4.78, 5) is -0.0113. The fraction of sp³-hybridized carbons (Fsp3) is 1.00. The van der Waals surface area contributed by atoms with Crippen LogP contribution in [0.5, 0.6) is 0 Å². The van der Waals surface area contributed by atoms with Crippen molar-refractivity contribution in [3.05, 3.63) is 0 Å². The van der Waals surface area contributed by atoms with Crippen molar-refractivity contribution >= 4 is 23.2 Å². The van der Waals surface area contributed by atoms with Crippen LogP contribution in [0.2, 0.25) is 0 Å². The van der Waals surface area contributed by atoms with Gasteiger partial charge in [-0.25, -0.2) is 0 Å². The number of halogens is 2. The first-order valence-electron chi connectivity index (χ1n) is 5.37. The number of rotatable bonds is 8. The first-order chi connectivity index (χ1) is 6.12. The number of alkyl halides is 2. The van der Waals surface area contributed by atoms with Gasteiger partial charge in [-0.05, 0) is 26.2 Å². The number of unbranched alkanes of at least 4 members (excludes halogenated alkanes) is 3. The van der Waals surface area contributed by atoms with E-state index >= 15 is 0 Å². The van der Waals surface area contributed by atoms with Crippen LogP contribution in [0.15, 0.2) is 0 Å². The molecule has 0 radical (unpaired) electrons. The third-order valence-corrected chi connectivity index (χ3v) is 3.03. The average molecular weight is 225 g/mol. The maximum atomic E-state index is 6.34. The molecule has 0 aliphatic heterocycles. The maximum Gasteiger partial charge on any atom is 0.0419 e. The van der Waals surface area contributed by atoms with Crippen LogP contribution in [0.3, 0.4) is 0 Å². The predicted molar refractivity (Wildman–Crippen MR) is 63.0 cm³/mol. The van der Waals surface area contributed by atoms with Crippen molar-refractivity contribution in [3.63, 3.8) is 0 Å². The average Bonchev–Trinajstić information content (AvgIpc) is 2.09. The summed E-state index contributed by atoms with van der Waals surface area (Å²) in [6, 6.07) is 0. The fourth-order valence-corrected chi connectivity index (χ4v) is 1.88. The van der Waals surface area contributed by atoms with E-state index in [2.05, 4.69) is 13.8 Å². The van der Waals surface area contributed by atoms with Crippen molar-refractivity contribution in [2.75, 3.05) is 5.88 Å². The molecule has 13 heavy (non-hydrogen) atoms. The molecule has 0 heterocycles. The molecule has 0 fully saturated rings. The molecule has 0 aliphatic rings. The zero-order valence-corrected chi connectivity index (χ0v) is 10.4. The lowest BCUT2D eigenvalue weighted by Gasteiger charge is -2.21. The van der Waals surface area contributed by atoms with Gasteiger partial charge in [0.25, 0.3) is 0 Å². The number of hydrogen-bond acceptors (Lipinski definition) is 0. The van der Waals surface area contributed by atoms with Crippen LogP contribution in [0.1, 0.15) is 58.8 Å². The fourth-order valence-electron chi connectivity index (χ4n) is 1.48. The van der Waals surface area contributed by atoms with Crippen LogP contribution in [0.4, 0.5) is 0 Å². The zero-order valence-electron chi connectivity index (χ0n) is 8.91. The van der Waals surface area contributed by atoms with E-state index in [1.165, 1.54) is 25.7 Å². The Morgan fingerprint density at radius 1 is 1.00 bits per heavy atom. The first kappa shape index (κ1) is 13.6. The Kier molecular flexibility index (Phi) is 8.29. The smallest absolute Gasteiger partial charge is 0.0419 e. The lowest BCUT2D eigenvalue weighted by molar-refractivity contribution is 0.488. The molecular formula is C11H22Cl2. The van der Waals surface area contributed by atoms with Crippen LogP contribution < -0.4 is 0 Å². The zero-order chi connectivity index (χ0) is 10.2. The van der Waals surface area contributed by atoms with Gasteiger partial charge in [-0.2, -0.15) is 0 Å². The van der Waals surface area contributed by atoms with Gasteiger partial charge in [-0.1, -0.05) is 32.6 Å². The Labute approximate surface area is 93.0 Å². The molecule has 0 amide bonds. The topological polar surface area (TPSA) is 0 Å². The molecule has 0 aromatic carbocycles. The molecule has 2 heteroatoms. The summed E-state index contributed by atoms with van der Waals surface area (Å²) in [5.74, 6) is 0.733. The van der Waals surface area contributed by atoms with Gasteiger partial charge in [0.15, 0.2) is 0 Å². The second-order valence-corrected chi connectivity index (χ2v) is 5.31. The van der Waals surface area contributed by atoms with Crippen molar-refractivity contribution in [2.24, 2.45) is 0 Å². The van der Waals surface area contributed by atoms with Gasteiger partial charge in [-0.15, -0.1) is 23.2 Å². The van der Waals surface area contributed by atoms with Gasteiger partial charge >= 0.3 is 0 Å². The second kappa shape index (κ2) is 7.94. The molecule has 0 aromatic rings. The lowest BCUT2D eigenvalue weighted by Crippen LogP contribution is -2.16. The SMILES string of the molecule is CCCCCCC(C)(Cl)CCCCl. The minimum atomic E-state index is -0.0113. The van der Waals surface area contributed by atoms with Crippen LogP contribution >= 0.6 is 23.2 Å². The Morgan fingerprint density at radius 2 is 1.62 bits per heavy atom. The molecule has 0 nitrogen and oxygen atoms in total. The molecule has 0 saturated carbocycles. The van der Waals surface area contributed by atoms with E-state index in [0.29, 0.717) is 0 Å². The second-order valence-electron chi connectivity index (χ2n) is 4.02. The van der Waals surface area contributed by atoms with E-state index in [1.807, 2.05) is 0 Å². The molecule has 0 spiro atoms. The highest BCUT2D eigenvalue weighted by atomic mass is 35.5. The predicted octanol–water partition coefficient (Wildman–Crippen LogP) is 4.97. The maximum absolute atomic E-state index is 6.34. The molecule has 80 valence electrons. The summed E-state index contributed by atoms with van der Waals surface area (Å²) < 4.78 is 0. The molecular weight excluding hydrogens is 203 g/mol. The summed E-state index contributed by atoms with van der Waals surface area (Å²) in [5.41, 5.74) is 0. The normalized spacial score (nSPS) is 15.7. The summed E-state index contributed by atoms with van der Waals surface area (Å²) in [5, 5.41) is 0. The van der Waals surface area contributed by atoms with Crippen LogP contribution in [0.25, 0.3) is 0 Å². The largest absolute Gasteiger partial charge is 0.127 e. The third-order valence-electron chi connectivity index (χ3n) is 2.38. The van der Waals surface area contributed by atoms with E-state index in [-0.39, 0.29) is 4.87 Å². The van der Waals surface area contributed by atoms with Gasteiger partial charge in [0, 0.05) is 10.8 Å². The summed E-state index contributed by atoms with van der Waals surface area (Å²) in [6.07, 6.45) is 8.42. The monoisotopic (exact) mass is 224 g/mol. The quantitative estimate of drug-likeness (QED) is 0.404. The van der Waals surface area contributed by atoms with Gasteiger partial charge in [-0.3, -0.25) is 0 Å². The molecule has 1 atom stereocenters. The van der Waals surface area contributed by atoms with Crippen molar-refractivity contribution < 1.29 is 0 Å². The highest BCUT2D eigenvalue weighted by molar-refractivity contribution is 6.23. The van der Waals surface area contributed by atoms with E-state index in [0.717, 1.165) is 25.1 Å². The first-order valence-corrected chi connectivity index (χ1v) is 6.28. The standard InChI is InChI=1S/C11H22Cl2/c1-3-4-5-6-8-11(2,13)9-7-10-12/h3-10H2,1-2H3. The summed E-state index contributed by atoms with van der Waals surface area (Å²) >= 11 is 12.0. The highest BCUT2D eigenvalue weighted by Crippen LogP contribution is 2.27. The molecule has 0 bridgehead atoms. The molecule has 0 rings (SSSR count). The molecule has 0 aliphatic carbocycles. The number of hydrogen-bond donors (Lipinski definition) is 0. The minimum absolute atomic E-state index is 0.0113. The Morgan fingerprint density at radius 3 is 2.15 bits per heavy atom. The van der Waals surface area contributed by atoms with E-state index in [1.54, 1.807) is 0 Å². The van der Waals surface area contributed by atoms with Crippen LogP contribution in [-0.2, 0) is 0 Å². The van der Waals surface area contributed by atoms with Crippen LogP contribution in [-0.4, -0.2) is 10.8 Å². The molecule has 0 saturated heterocycles. The van der Waals surface area contributed by atoms with Crippen LogP contribution in [0, 0.1) is 0 Å². The van der Waals surface area contributed by atoms with Crippen molar-refractivity contribution in [1.29, 1.82) is 0 Å². The van der Waals surface area contributed by atoms with E-state index < -0.39 is 0 Å². The minimum Gasteiger partial charge on any atom is -0.127 e. The molecule has 0 N–H and O–H groups in total. The van der Waals surface area contributed by atoms with E-state index in [4.69, 9.17) is 23.2 Å². The Hall–Kier alpha value is 0.580. The van der Waals surface area contributed by atoms with Gasteiger partial charge in [0.05, 0.1) is 0 Å². The lowest BCUT2D eigenvalue weighted by atomic mass is 9.97. The van der Waals surface area contributed by atoms with Crippen molar-refractivity contribution in [2.45, 2.75) is 63.7 Å². The van der Waals surface area contributed by atoms with Crippen molar-refractivity contribution in [1.82, 2.24) is 0 Å². The van der Waals surface area contributed by atoms with Gasteiger partial charge in [0.1, 0.15) is 0 Å². The molecule has 0 aromatic heterocycles. The highest BCUT2D eigenvalue weighted by Gasteiger charge is 2.18. The molecule has 1 unspecified atom stereocenters. The van der Waals surface area contributed by atoms with E-state index in [9.17, 15) is 0 Å². The third kappa shape index (κ3) is 8.90. The van der Waals surface area contributed by atoms with Gasteiger partial charge in [0.2, 0.25) is 0 Å². The van der Waals surface area contributed by atoms with Crippen molar-refractivity contribution in [3.8, 4) is 0 Å². The Bertz CT molecular complexity index is 111. The summed E-state index contributed by atoms with van der Waals surface area (Å²) in [7, 11) is 0. The summed E-state index contributed by atoms with van der Waals surface area (Å²) in [6.45, 7) is 4.36. The Balaban J connectivity index is 3.39.